The van der Waals surface area contributed by atoms with E-state index in [0.29, 0.717) is 27.1 Å². The van der Waals surface area contributed by atoms with Crippen LogP contribution in [-0.2, 0) is 0 Å². The van der Waals surface area contributed by atoms with E-state index in [1.165, 1.54) is 6.21 Å². The summed E-state index contributed by atoms with van der Waals surface area (Å²) in [7, 11) is 1.58. The molecular weight excluding hydrogens is 375 g/mol. The summed E-state index contributed by atoms with van der Waals surface area (Å²) < 4.78 is 5.13. The molecule has 3 aromatic rings. The summed E-state index contributed by atoms with van der Waals surface area (Å²) in [5.41, 5.74) is 4.70. The lowest BCUT2D eigenvalue weighted by Crippen LogP contribution is -2.18. The summed E-state index contributed by atoms with van der Waals surface area (Å²) in [6, 6.07) is 13.9. The monoisotopic (exact) mass is 388 g/mol. The van der Waals surface area contributed by atoms with E-state index in [2.05, 4.69) is 20.7 Å². The summed E-state index contributed by atoms with van der Waals surface area (Å²) in [5.74, 6) is 0.284. The van der Waals surface area contributed by atoms with Crippen molar-refractivity contribution in [3.8, 4) is 17.0 Å². The first-order chi connectivity index (χ1) is 12.6. The standard InChI is InChI=1S/C18H14Cl2N4O2/c1-26-13-4-2-3-11(7-13)10-21-24-18(25)17-9-16(22-23-17)14-6-5-12(19)8-15(14)20/h2-10H,1H3,(H,22,23)(H,24,25)/b21-10+. The van der Waals surface area contributed by atoms with E-state index in [1.54, 1.807) is 37.4 Å². The van der Waals surface area contributed by atoms with E-state index < -0.39 is 5.91 Å². The van der Waals surface area contributed by atoms with E-state index in [0.717, 1.165) is 5.56 Å². The average molecular weight is 389 g/mol. The number of amides is 1. The van der Waals surface area contributed by atoms with Crippen molar-refractivity contribution < 1.29 is 9.53 Å². The fourth-order valence-electron chi connectivity index (χ4n) is 2.22. The summed E-state index contributed by atoms with van der Waals surface area (Å²) >= 11 is 12.0. The number of ether oxygens (including phenoxy) is 1. The minimum absolute atomic E-state index is 0.258. The molecule has 2 N–H and O–H groups in total. The van der Waals surface area contributed by atoms with Gasteiger partial charge in [0, 0.05) is 10.6 Å². The van der Waals surface area contributed by atoms with Crippen LogP contribution in [0, 0.1) is 0 Å². The van der Waals surface area contributed by atoms with Gasteiger partial charge in [-0.15, -0.1) is 0 Å². The van der Waals surface area contributed by atoms with Crippen molar-refractivity contribution in [3.63, 3.8) is 0 Å². The van der Waals surface area contributed by atoms with E-state index in [-0.39, 0.29) is 5.69 Å². The summed E-state index contributed by atoms with van der Waals surface area (Å²) in [6.07, 6.45) is 1.52. The predicted molar refractivity (Wildman–Crippen MR) is 102 cm³/mol. The first-order valence-corrected chi connectivity index (χ1v) is 8.30. The van der Waals surface area contributed by atoms with Gasteiger partial charge in [0.15, 0.2) is 0 Å². The van der Waals surface area contributed by atoms with Gasteiger partial charge >= 0.3 is 0 Å². The topological polar surface area (TPSA) is 79.4 Å². The molecule has 6 nitrogen and oxygen atoms in total. The maximum absolute atomic E-state index is 12.2. The van der Waals surface area contributed by atoms with Crippen LogP contribution in [-0.4, -0.2) is 29.4 Å². The highest BCUT2D eigenvalue weighted by Gasteiger charge is 2.12. The molecule has 26 heavy (non-hydrogen) atoms. The second-order valence-electron chi connectivity index (χ2n) is 5.27. The number of carbonyl (C=O) groups excluding carboxylic acids is 1. The van der Waals surface area contributed by atoms with Gasteiger partial charge in [0.05, 0.1) is 24.0 Å². The Hall–Kier alpha value is -2.83. The Bertz CT molecular complexity index is 969. The number of methoxy groups -OCH3 is 1. The predicted octanol–water partition coefficient (Wildman–Crippen LogP) is 4.16. The third kappa shape index (κ3) is 4.22. The Labute approximate surface area is 159 Å². The molecule has 0 saturated carbocycles. The van der Waals surface area contributed by atoms with Crippen molar-refractivity contribution in [2.75, 3.05) is 7.11 Å². The smallest absolute Gasteiger partial charge is 0.289 e. The second-order valence-corrected chi connectivity index (χ2v) is 6.11. The van der Waals surface area contributed by atoms with E-state index in [4.69, 9.17) is 27.9 Å². The third-order valence-electron chi connectivity index (χ3n) is 3.50. The number of nitrogens with zero attached hydrogens (tertiary/aromatic N) is 2. The molecular formula is C18H14Cl2N4O2. The van der Waals surface area contributed by atoms with Crippen LogP contribution in [0.1, 0.15) is 16.1 Å². The van der Waals surface area contributed by atoms with Gasteiger partial charge in [-0.1, -0.05) is 35.3 Å². The molecule has 1 heterocycles. The van der Waals surface area contributed by atoms with E-state index >= 15 is 0 Å². The summed E-state index contributed by atoms with van der Waals surface area (Å²) in [5, 5.41) is 11.7. The molecule has 0 aliphatic rings. The number of aromatic nitrogens is 2. The number of aromatic amines is 1. The van der Waals surface area contributed by atoms with Crippen LogP contribution in [0.15, 0.2) is 53.6 Å². The van der Waals surface area contributed by atoms with Crippen molar-refractivity contribution in [2.45, 2.75) is 0 Å². The maximum atomic E-state index is 12.2. The Morgan fingerprint density at radius 3 is 2.85 bits per heavy atom. The van der Waals surface area contributed by atoms with Gasteiger partial charge in [-0.25, -0.2) is 5.43 Å². The average Bonchev–Trinajstić information content (AvgIpc) is 3.11. The SMILES string of the molecule is COc1cccc(/C=N/NC(=O)c2cc(-c3ccc(Cl)cc3Cl)n[nH]2)c1. The highest BCUT2D eigenvalue weighted by molar-refractivity contribution is 6.36. The number of nitrogens with one attached hydrogen (secondary N) is 2. The molecule has 3 rings (SSSR count). The molecule has 0 aliphatic carbocycles. The molecule has 1 amide bonds. The van der Waals surface area contributed by atoms with Crippen LogP contribution in [0.2, 0.25) is 10.0 Å². The molecule has 0 radical (unpaired) electrons. The first kappa shape index (κ1) is 18.0. The highest BCUT2D eigenvalue weighted by atomic mass is 35.5. The second kappa shape index (κ2) is 8.03. The van der Waals surface area contributed by atoms with Gasteiger partial charge in [0.25, 0.3) is 5.91 Å². The number of benzene rings is 2. The fourth-order valence-corrected chi connectivity index (χ4v) is 2.73. The van der Waals surface area contributed by atoms with Crippen LogP contribution in [0.4, 0.5) is 0 Å². The van der Waals surface area contributed by atoms with Crippen LogP contribution in [0.5, 0.6) is 5.75 Å². The van der Waals surface area contributed by atoms with Crippen LogP contribution < -0.4 is 10.2 Å². The van der Waals surface area contributed by atoms with Gasteiger partial charge in [0.2, 0.25) is 0 Å². The minimum Gasteiger partial charge on any atom is -0.497 e. The van der Waals surface area contributed by atoms with Gasteiger partial charge in [-0.05, 0) is 42.0 Å². The minimum atomic E-state index is -0.423. The molecule has 0 saturated heterocycles. The van der Waals surface area contributed by atoms with Crippen molar-refractivity contribution in [3.05, 3.63) is 69.8 Å². The van der Waals surface area contributed by atoms with E-state index in [1.807, 2.05) is 18.2 Å². The normalized spacial score (nSPS) is 10.9. The molecule has 0 unspecified atom stereocenters. The number of carbonyl (C=O) groups is 1. The van der Waals surface area contributed by atoms with Crippen molar-refractivity contribution in [2.24, 2.45) is 5.10 Å². The van der Waals surface area contributed by atoms with Crippen LogP contribution >= 0.6 is 23.2 Å². The molecule has 0 atom stereocenters. The van der Waals surface area contributed by atoms with E-state index in [9.17, 15) is 4.79 Å². The molecule has 0 spiro atoms. The lowest BCUT2D eigenvalue weighted by atomic mass is 10.1. The zero-order valence-corrected chi connectivity index (χ0v) is 15.2. The van der Waals surface area contributed by atoms with Crippen LogP contribution in [0.3, 0.4) is 0 Å². The highest BCUT2D eigenvalue weighted by Crippen LogP contribution is 2.29. The number of halogens is 2. The molecule has 0 fully saturated rings. The molecule has 8 heteroatoms. The van der Waals surface area contributed by atoms with Gasteiger partial charge in [0.1, 0.15) is 11.4 Å². The summed E-state index contributed by atoms with van der Waals surface area (Å²) in [4.78, 5) is 12.2. The number of hydrazone groups is 1. The number of hydrogen-bond acceptors (Lipinski definition) is 4. The van der Waals surface area contributed by atoms with Gasteiger partial charge in [-0.2, -0.15) is 10.2 Å². The third-order valence-corrected chi connectivity index (χ3v) is 4.05. The Balaban J connectivity index is 1.69. The zero-order valence-electron chi connectivity index (χ0n) is 13.7. The largest absolute Gasteiger partial charge is 0.497 e. The molecule has 1 aromatic heterocycles. The Kier molecular flexibility index (Phi) is 5.55. The lowest BCUT2D eigenvalue weighted by Gasteiger charge is -2.00. The molecule has 132 valence electrons. The molecule has 0 aliphatic heterocycles. The van der Waals surface area contributed by atoms with Crippen molar-refractivity contribution in [1.82, 2.24) is 15.6 Å². The lowest BCUT2D eigenvalue weighted by molar-refractivity contribution is 0.0950. The van der Waals surface area contributed by atoms with Gasteiger partial charge < -0.3 is 4.74 Å². The van der Waals surface area contributed by atoms with Crippen LogP contribution in [0.25, 0.3) is 11.3 Å². The maximum Gasteiger partial charge on any atom is 0.289 e. The first-order valence-electron chi connectivity index (χ1n) is 7.55. The number of H-pyrrole nitrogens is 1. The Morgan fingerprint density at radius 2 is 2.08 bits per heavy atom. The van der Waals surface area contributed by atoms with Crippen molar-refractivity contribution >= 4 is 35.3 Å². The Morgan fingerprint density at radius 1 is 1.23 bits per heavy atom. The fraction of sp³-hybridized carbons (Fsp3) is 0.0556. The zero-order chi connectivity index (χ0) is 18.5. The van der Waals surface area contributed by atoms with Gasteiger partial charge in [-0.3, -0.25) is 9.89 Å². The quantitative estimate of drug-likeness (QED) is 0.508. The van der Waals surface area contributed by atoms with Crippen molar-refractivity contribution in [1.29, 1.82) is 0 Å². The number of hydrogen-bond donors (Lipinski definition) is 2. The number of rotatable bonds is 5. The molecule has 2 aromatic carbocycles. The molecule has 0 bridgehead atoms. The summed E-state index contributed by atoms with van der Waals surface area (Å²) in [6.45, 7) is 0.